The summed E-state index contributed by atoms with van der Waals surface area (Å²) in [6.07, 6.45) is 20.1. The van der Waals surface area contributed by atoms with Crippen molar-refractivity contribution in [2.75, 3.05) is 0 Å². The van der Waals surface area contributed by atoms with Crippen molar-refractivity contribution in [3.63, 3.8) is 0 Å². The Hall–Kier alpha value is -5.75. The number of rotatable bonds is 0. The second-order valence-electron chi connectivity index (χ2n) is 10.5. The molecule has 0 saturated heterocycles. The SMILES string of the molecule is C.C.C.C.C.C.C.CC.CC.CC.CC.CC.CC.CC.CC.CC.CC.CC.CC.CC.CC.CC.CC.CC.CC.CC.CC.CC.CC.CC.CC.CC.CC.CC.CC.CC.Cn1ccc2ccccc21.Cn1cccc1.Cn1cccn1.Cn1ccnc1.c1ccc2sccc2c1.c1ccoc1.c1ccsc1.c1cscn1. The molecule has 730 valence electrons. The van der Waals surface area contributed by atoms with Crippen molar-refractivity contribution < 1.29 is 4.42 Å². The summed E-state index contributed by atoms with van der Waals surface area (Å²) >= 11 is 5.10. The maximum Gasteiger partial charge on any atom is 0.0943 e. The van der Waals surface area contributed by atoms with E-state index in [9.17, 15) is 0 Å². The topological polar surface area (TPSA) is 71.5 Å². The molecule has 0 amide bonds. The van der Waals surface area contributed by atoms with Crippen LogP contribution in [0.15, 0.2) is 203 Å². The van der Waals surface area contributed by atoms with Gasteiger partial charge < -0.3 is 18.1 Å². The van der Waals surface area contributed by atoms with Gasteiger partial charge in [0, 0.05) is 93.4 Å². The van der Waals surface area contributed by atoms with Crippen LogP contribution in [0.4, 0.5) is 0 Å². The third-order valence-electron chi connectivity index (χ3n) is 6.38. The van der Waals surface area contributed by atoms with Crippen molar-refractivity contribution in [1.82, 2.24) is 33.4 Å². The van der Waals surface area contributed by atoms with Gasteiger partial charge >= 0.3 is 0 Å². The van der Waals surface area contributed by atoms with Crippen molar-refractivity contribution in [2.24, 2.45) is 28.2 Å². The molecular weight excluding hydrogens is 1480 g/mol. The van der Waals surface area contributed by atoms with E-state index in [0.717, 1.165) is 0 Å². The Kier molecular flexibility index (Phi) is 751. The molecule has 10 rings (SSSR count). The Labute approximate surface area is 768 Å². The van der Waals surface area contributed by atoms with Crippen LogP contribution >= 0.6 is 34.0 Å². The molecule has 0 spiro atoms. The van der Waals surface area contributed by atoms with Crippen LogP contribution in [0.5, 0.6) is 0 Å². The van der Waals surface area contributed by atoms with Crippen LogP contribution in [0.1, 0.15) is 454 Å². The predicted octanol–water partition coefficient (Wildman–Crippen LogP) is 45.3. The molecule has 0 aliphatic carbocycles. The minimum Gasteiger partial charge on any atom is -0.473 e. The number of fused-ring (bicyclic) bond motifs is 2. The minimum atomic E-state index is 0. The van der Waals surface area contributed by atoms with Crippen molar-refractivity contribution in [1.29, 1.82) is 0 Å². The van der Waals surface area contributed by atoms with Crippen LogP contribution in [0, 0.1) is 0 Å². The van der Waals surface area contributed by atoms with Crippen LogP contribution in [0.3, 0.4) is 0 Å². The third kappa shape index (κ3) is 286. The highest BCUT2D eigenvalue weighted by Gasteiger charge is 1.92. The fraction of sp³-hybridized carbons (Fsp3) is 0.651. The summed E-state index contributed by atoms with van der Waals surface area (Å²) in [4.78, 5) is 7.53. The molecule has 0 aliphatic heterocycles. The highest BCUT2D eigenvalue weighted by molar-refractivity contribution is 7.17. The molecule has 0 N–H and O–H groups in total. The lowest BCUT2D eigenvalue weighted by Crippen LogP contribution is -1.83. The fourth-order valence-electron chi connectivity index (χ4n) is 3.85. The van der Waals surface area contributed by atoms with E-state index in [1.54, 1.807) is 81.6 Å². The Bertz CT molecular complexity index is 1920. The second kappa shape index (κ2) is 388. The van der Waals surface area contributed by atoms with E-state index >= 15 is 0 Å². The van der Waals surface area contributed by atoms with Gasteiger partial charge in [0.1, 0.15) is 0 Å². The van der Waals surface area contributed by atoms with Gasteiger partial charge in [-0.3, -0.25) is 9.67 Å². The lowest BCUT2D eigenvalue weighted by atomic mass is 10.2. The molecule has 0 aliphatic rings. The Morgan fingerprint density at radius 1 is 0.248 bits per heavy atom. The van der Waals surface area contributed by atoms with Gasteiger partial charge in [0.15, 0.2) is 0 Å². The van der Waals surface area contributed by atoms with Gasteiger partial charge in [0.2, 0.25) is 0 Å². The van der Waals surface area contributed by atoms with Gasteiger partial charge in [0.05, 0.1) is 24.4 Å². The van der Waals surface area contributed by atoms with Crippen LogP contribution in [0.2, 0.25) is 0 Å². The Morgan fingerprint density at radius 2 is 0.573 bits per heavy atom. The molecule has 8 heterocycles. The smallest absolute Gasteiger partial charge is 0.0943 e. The molecular formula is C106H247N7OS3. The van der Waals surface area contributed by atoms with Crippen molar-refractivity contribution >= 4 is 55.0 Å². The van der Waals surface area contributed by atoms with E-state index in [2.05, 4.69) is 103 Å². The van der Waals surface area contributed by atoms with Crippen LogP contribution in [0.25, 0.3) is 21.0 Å². The Morgan fingerprint density at radius 3 is 0.752 bits per heavy atom. The molecule has 0 bridgehead atoms. The Balaban J connectivity index is -0.0000000193. The first kappa shape index (κ1) is 227. The van der Waals surface area contributed by atoms with Crippen molar-refractivity contribution in [3.8, 4) is 0 Å². The molecule has 117 heavy (non-hydrogen) atoms. The number of para-hydroxylation sites is 1. The lowest BCUT2D eigenvalue weighted by molar-refractivity contribution is 0.567. The number of imidazole rings is 1. The van der Waals surface area contributed by atoms with E-state index in [-0.39, 0.29) is 52.0 Å². The molecule has 8 aromatic heterocycles. The predicted molar refractivity (Wildman–Crippen MR) is 598 cm³/mol. The number of furan rings is 1. The van der Waals surface area contributed by atoms with Crippen LogP contribution < -0.4 is 0 Å². The summed E-state index contributed by atoms with van der Waals surface area (Å²) in [6, 6.07) is 34.6. The van der Waals surface area contributed by atoms with Crippen molar-refractivity contribution in [3.05, 3.63) is 199 Å². The molecule has 0 atom stereocenters. The van der Waals surface area contributed by atoms with E-state index < -0.39 is 0 Å². The van der Waals surface area contributed by atoms with Gasteiger partial charge in [-0.05, 0) is 81.5 Å². The van der Waals surface area contributed by atoms with E-state index in [1.807, 2.05) is 515 Å². The van der Waals surface area contributed by atoms with Gasteiger partial charge in [-0.25, -0.2) is 4.98 Å². The first-order valence-corrected chi connectivity index (χ1v) is 47.9. The summed E-state index contributed by atoms with van der Waals surface area (Å²) in [5.74, 6) is 0. The maximum atomic E-state index is 4.58. The van der Waals surface area contributed by atoms with E-state index in [4.69, 9.17) is 0 Å². The molecule has 0 unspecified atom stereocenters. The van der Waals surface area contributed by atoms with E-state index in [1.165, 1.54) is 21.0 Å². The maximum absolute atomic E-state index is 4.58. The monoisotopic (exact) mass is 1730 g/mol. The minimum absolute atomic E-state index is 0. The van der Waals surface area contributed by atoms with E-state index in [0.29, 0.717) is 0 Å². The summed E-state index contributed by atoms with van der Waals surface area (Å²) in [5.41, 5.74) is 3.09. The fourth-order valence-corrected chi connectivity index (χ4v) is 5.44. The largest absolute Gasteiger partial charge is 0.473 e. The third-order valence-corrected chi connectivity index (χ3v) is 8.43. The highest BCUT2D eigenvalue weighted by atomic mass is 32.1. The molecule has 0 saturated carbocycles. The zero-order chi connectivity index (χ0) is 94.9. The van der Waals surface area contributed by atoms with Gasteiger partial charge in [-0.2, -0.15) is 16.4 Å². The zero-order valence-electron chi connectivity index (χ0n) is 87.8. The number of thiophene rings is 2. The molecule has 2 aromatic carbocycles. The number of hydrogen-bond acceptors (Lipinski definition) is 7. The second-order valence-corrected chi connectivity index (χ2v) is 13.0. The number of nitrogens with zero attached hydrogens (tertiary/aromatic N) is 7. The average Bonchev–Trinajstić information content (AvgIpc) is 1.72. The zero-order valence-corrected chi connectivity index (χ0v) is 90.3. The molecule has 10 aromatic rings. The molecule has 0 fully saturated rings. The molecule has 0 radical (unpaired) electrons. The number of benzene rings is 2. The number of thiazole rings is 1. The van der Waals surface area contributed by atoms with Crippen molar-refractivity contribution in [2.45, 2.75) is 454 Å². The summed E-state index contributed by atoms with van der Waals surface area (Å²) < 4.78 is 13.7. The summed E-state index contributed by atoms with van der Waals surface area (Å²) in [5, 5.41) is 14.6. The average molecular weight is 1730 g/mol. The number of aryl methyl sites for hydroxylation is 4. The number of hydrogen-bond donors (Lipinski definition) is 0. The highest BCUT2D eigenvalue weighted by Crippen LogP contribution is 2.19. The number of aromatic nitrogens is 7. The van der Waals surface area contributed by atoms with Gasteiger partial charge in [0.25, 0.3) is 0 Å². The van der Waals surface area contributed by atoms with Gasteiger partial charge in [-0.15, -0.1) is 22.7 Å². The van der Waals surface area contributed by atoms with Crippen LogP contribution in [-0.4, -0.2) is 33.4 Å². The van der Waals surface area contributed by atoms with Gasteiger partial charge in [-0.1, -0.05) is 502 Å². The summed E-state index contributed by atoms with van der Waals surface area (Å²) in [6.45, 7) is 116. The summed E-state index contributed by atoms with van der Waals surface area (Å²) in [7, 11) is 7.88. The van der Waals surface area contributed by atoms with Crippen LogP contribution in [-0.2, 0) is 28.2 Å². The normalized spacial score (nSPS) is 5.56. The quantitative estimate of drug-likeness (QED) is 0.152. The first-order valence-electron chi connectivity index (χ1n) is 45.1. The standard InChI is InChI=1S/C9H9N.C8H6S.C5H7N.2C4H6N2.C4H4O.C4H4S.C3H3NS.29C2H6.7CH4/c1-10-7-6-8-4-2-3-5-9(8)10;1-2-4-8-7(3-1)5-6-9-8;1-6-4-2-3-5-6;1-6-3-2-5-4-6;1-6-4-2-3-5-6;2*1-2-4-5-3-1;1-2-5-3-4-1;29*1-2;;;;;;;/h2-7H,1H3;1-6H;2-5H,1H3;2*2-4H,1H3;2*1-4H;1-3H;29*1-2H3;7*1H4. The molecule has 11 heteroatoms. The first-order chi connectivity index (χ1) is 54.5. The molecule has 8 nitrogen and oxygen atoms in total. The lowest BCUT2D eigenvalue weighted by Gasteiger charge is -1.92.